The molecule has 0 bridgehead atoms. The number of nitrogens with zero attached hydrogens (tertiary/aromatic N) is 4. The van der Waals surface area contributed by atoms with E-state index in [2.05, 4.69) is 49.9 Å². The predicted octanol–water partition coefficient (Wildman–Crippen LogP) is 6.80. The first kappa shape index (κ1) is 46.2. The number of fused-ring (bicyclic) bond motifs is 1. The van der Waals surface area contributed by atoms with Gasteiger partial charge in [0.15, 0.2) is 11.5 Å². The molecule has 1 aliphatic heterocycles. The lowest BCUT2D eigenvalue weighted by Crippen LogP contribution is -2.28. The molecule has 0 aliphatic carbocycles. The Hall–Kier alpha value is -5.86. The Morgan fingerprint density at radius 2 is 1.75 bits per heavy atom. The third-order valence-corrected chi connectivity index (χ3v) is 10.9. The second-order valence-electron chi connectivity index (χ2n) is 16.5. The molecule has 6 rings (SSSR count). The van der Waals surface area contributed by atoms with Crippen LogP contribution in [0, 0.1) is 19.8 Å². The summed E-state index contributed by atoms with van der Waals surface area (Å²) in [7, 11) is 1.66. The number of amides is 2. The van der Waals surface area contributed by atoms with Crippen LogP contribution in [0.15, 0.2) is 79.4 Å². The van der Waals surface area contributed by atoms with Gasteiger partial charge in [-0.3, -0.25) is 19.0 Å². The number of benzene rings is 3. The summed E-state index contributed by atoms with van der Waals surface area (Å²) >= 11 is 0. The lowest BCUT2D eigenvalue weighted by molar-refractivity contribution is -0.132. The zero-order valence-electron chi connectivity index (χ0n) is 36.4. The van der Waals surface area contributed by atoms with Gasteiger partial charge in [0.25, 0.3) is 0 Å². The minimum absolute atomic E-state index is 0.102. The monoisotopic (exact) mass is 834 g/mol. The Morgan fingerprint density at radius 1 is 1.00 bits per heavy atom. The van der Waals surface area contributed by atoms with Crippen molar-refractivity contribution in [2.24, 2.45) is 11.7 Å². The zero-order valence-corrected chi connectivity index (χ0v) is 36.4. The lowest BCUT2D eigenvalue weighted by Gasteiger charge is -2.28. The average Bonchev–Trinajstić information content (AvgIpc) is 3.85. The van der Waals surface area contributed by atoms with Crippen LogP contribution < -0.4 is 31.6 Å². The van der Waals surface area contributed by atoms with Gasteiger partial charge >= 0.3 is 5.97 Å². The highest BCUT2D eigenvalue weighted by molar-refractivity contribution is 5.81. The summed E-state index contributed by atoms with van der Waals surface area (Å²) in [5.41, 5.74) is 17.4. The molecule has 14 heteroatoms. The van der Waals surface area contributed by atoms with Gasteiger partial charge < -0.3 is 36.3 Å². The van der Waals surface area contributed by atoms with E-state index in [9.17, 15) is 14.4 Å². The fourth-order valence-corrected chi connectivity index (χ4v) is 8.17. The number of nitrogens with two attached hydrogens (primary N) is 2. The van der Waals surface area contributed by atoms with E-state index in [1.54, 1.807) is 13.4 Å². The maximum atomic E-state index is 12.6. The van der Waals surface area contributed by atoms with Crippen molar-refractivity contribution in [3.63, 3.8) is 0 Å². The van der Waals surface area contributed by atoms with Crippen molar-refractivity contribution >= 4 is 34.8 Å². The number of carbonyl (C=O) groups is 3. The molecule has 3 heterocycles. The van der Waals surface area contributed by atoms with Crippen LogP contribution in [-0.2, 0) is 37.5 Å². The average molecular weight is 835 g/mol. The molecule has 2 amide bonds. The molecule has 0 saturated carbocycles. The second-order valence-corrected chi connectivity index (χ2v) is 16.5. The van der Waals surface area contributed by atoms with Crippen LogP contribution in [0.4, 0.5) is 5.82 Å². The van der Waals surface area contributed by atoms with Crippen molar-refractivity contribution in [2.45, 2.75) is 110 Å². The molecule has 1 saturated heterocycles. The molecule has 326 valence electrons. The highest BCUT2D eigenvalue weighted by Crippen LogP contribution is 2.38. The summed E-state index contributed by atoms with van der Waals surface area (Å²) in [6.07, 6.45) is 9.32. The molecule has 2 aromatic heterocycles. The maximum Gasteiger partial charge on any atom is 0.308 e. The third-order valence-electron chi connectivity index (χ3n) is 10.9. The number of aromatic nitrogens is 4. The van der Waals surface area contributed by atoms with E-state index < -0.39 is 5.41 Å². The molecular weight excluding hydrogens is 773 g/mol. The van der Waals surface area contributed by atoms with Crippen LogP contribution in [0.3, 0.4) is 0 Å². The SMILES string of the molecule is CC(=O)Oc1cc(C)cc(C)c1C(C)(C)CC(N)=O.COc1ccc(CCNC(=O)CCC[C@H](CNCc2ccccc2)C[C@@H]2CC[C@H](n3cnc4c(N)ncnc43)O2)cc1. The Morgan fingerprint density at radius 3 is 2.46 bits per heavy atom. The van der Waals surface area contributed by atoms with E-state index in [0.717, 1.165) is 74.1 Å². The summed E-state index contributed by atoms with van der Waals surface area (Å²) < 4.78 is 19.0. The van der Waals surface area contributed by atoms with E-state index in [1.807, 2.05) is 74.7 Å². The highest BCUT2D eigenvalue weighted by Gasteiger charge is 2.31. The zero-order chi connectivity index (χ0) is 43.9. The van der Waals surface area contributed by atoms with Crippen LogP contribution in [0.25, 0.3) is 11.2 Å². The number of esters is 1. The number of rotatable bonds is 19. The fraction of sp³-hybridized carbons (Fsp3) is 0.447. The van der Waals surface area contributed by atoms with Gasteiger partial charge in [-0.15, -0.1) is 0 Å². The van der Waals surface area contributed by atoms with Gasteiger partial charge in [0.2, 0.25) is 11.8 Å². The van der Waals surface area contributed by atoms with Gasteiger partial charge in [0, 0.05) is 43.8 Å². The number of carbonyl (C=O) groups excluding carboxylic acids is 3. The smallest absolute Gasteiger partial charge is 0.308 e. The highest BCUT2D eigenvalue weighted by atomic mass is 16.5. The largest absolute Gasteiger partial charge is 0.497 e. The molecule has 6 N–H and O–H groups in total. The van der Waals surface area contributed by atoms with Gasteiger partial charge in [-0.25, -0.2) is 15.0 Å². The van der Waals surface area contributed by atoms with Gasteiger partial charge in [0.05, 0.1) is 19.5 Å². The fourth-order valence-electron chi connectivity index (χ4n) is 8.17. The molecule has 0 spiro atoms. The predicted molar refractivity (Wildman–Crippen MR) is 237 cm³/mol. The number of hydrogen-bond acceptors (Lipinski definition) is 11. The molecule has 0 unspecified atom stereocenters. The number of anilines is 1. The molecule has 0 radical (unpaired) electrons. The number of primary amides is 1. The van der Waals surface area contributed by atoms with Gasteiger partial charge in [0.1, 0.15) is 29.6 Å². The number of hydrogen-bond donors (Lipinski definition) is 4. The molecule has 1 aliphatic rings. The summed E-state index contributed by atoms with van der Waals surface area (Å²) in [5, 5.41) is 6.71. The van der Waals surface area contributed by atoms with E-state index in [-0.39, 0.29) is 36.5 Å². The number of ether oxygens (including phenoxy) is 3. The van der Waals surface area contributed by atoms with Crippen molar-refractivity contribution in [3.8, 4) is 11.5 Å². The minimum atomic E-state index is -0.478. The van der Waals surface area contributed by atoms with Crippen molar-refractivity contribution in [3.05, 3.63) is 107 Å². The van der Waals surface area contributed by atoms with E-state index >= 15 is 0 Å². The first-order valence-electron chi connectivity index (χ1n) is 21.0. The summed E-state index contributed by atoms with van der Waals surface area (Å²) in [6.45, 7) is 11.4. The van der Waals surface area contributed by atoms with E-state index in [0.29, 0.717) is 41.6 Å². The Balaban J connectivity index is 0.000000311. The Bertz CT molecular complexity index is 2210. The number of nitrogens with one attached hydrogen (secondary N) is 2. The molecule has 61 heavy (non-hydrogen) atoms. The van der Waals surface area contributed by atoms with Crippen molar-refractivity contribution in [1.29, 1.82) is 0 Å². The Labute approximate surface area is 359 Å². The summed E-state index contributed by atoms with van der Waals surface area (Å²) in [5.74, 6) is 1.47. The number of methoxy groups -OCH3 is 1. The topological polar surface area (TPSA) is 199 Å². The van der Waals surface area contributed by atoms with Crippen LogP contribution >= 0.6 is 0 Å². The second kappa shape index (κ2) is 22.1. The van der Waals surface area contributed by atoms with Gasteiger partial charge in [-0.05, 0) is 105 Å². The van der Waals surface area contributed by atoms with Crippen LogP contribution in [0.5, 0.6) is 11.5 Å². The standard InChI is InChI=1S/C32H41N7O3.C15H21NO3/c1-41-26-12-10-23(11-13-26)16-17-35-28(40)9-5-8-25(20-34-19-24-6-3-2-4-7-24)18-27-14-15-29(42-27)39-22-38-30-31(33)36-21-37-32(30)39;1-9-6-10(2)14(12(7-9)19-11(3)17)15(4,5)8-13(16)18/h2-4,6-7,10-13,21-22,25,27,29,34H,5,8-9,14-20H2,1H3,(H,35,40)(H2,33,36,37);6-7H,8H2,1-5H3,(H2,16,18)/t25-,27-,29+;/m0./s1. The summed E-state index contributed by atoms with van der Waals surface area (Å²) in [6, 6.07) is 22.2. The van der Waals surface area contributed by atoms with Gasteiger partial charge in [-0.2, -0.15) is 0 Å². The van der Waals surface area contributed by atoms with Crippen molar-refractivity contribution in [2.75, 3.05) is 25.9 Å². The quantitative estimate of drug-likeness (QED) is 0.0504. The number of imidazole rings is 1. The first-order valence-corrected chi connectivity index (χ1v) is 21.0. The first-order chi connectivity index (χ1) is 29.2. The van der Waals surface area contributed by atoms with Crippen LogP contribution in [-0.4, -0.2) is 63.6 Å². The molecule has 3 atom stereocenters. The maximum absolute atomic E-state index is 12.6. The van der Waals surface area contributed by atoms with Crippen LogP contribution in [0.2, 0.25) is 0 Å². The molecule has 5 aromatic rings. The Kier molecular flexibility index (Phi) is 16.8. The van der Waals surface area contributed by atoms with Gasteiger partial charge in [-0.1, -0.05) is 62.4 Å². The normalized spacial score (nSPS) is 15.4. The van der Waals surface area contributed by atoms with E-state index in [1.165, 1.54) is 24.4 Å². The van der Waals surface area contributed by atoms with Crippen molar-refractivity contribution < 1.29 is 28.6 Å². The van der Waals surface area contributed by atoms with Crippen molar-refractivity contribution in [1.82, 2.24) is 30.2 Å². The number of aryl methyl sites for hydroxylation is 2. The van der Waals surface area contributed by atoms with E-state index in [4.69, 9.17) is 25.7 Å². The van der Waals surface area contributed by atoms with Crippen LogP contribution in [0.1, 0.15) is 99.8 Å². The molecular formula is C47H62N8O6. The summed E-state index contributed by atoms with van der Waals surface area (Å²) in [4.78, 5) is 47.8. The number of nitrogen functional groups attached to an aromatic ring is 1. The molecule has 3 aromatic carbocycles. The molecule has 1 fully saturated rings. The molecule has 14 nitrogen and oxygen atoms in total. The minimum Gasteiger partial charge on any atom is -0.497 e. The lowest BCUT2D eigenvalue weighted by atomic mass is 9.78. The third kappa shape index (κ3) is 13.8.